The summed E-state index contributed by atoms with van der Waals surface area (Å²) in [6.07, 6.45) is 6.15. The first-order valence-corrected chi connectivity index (χ1v) is 5.90. The fourth-order valence-corrected chi connectivity index (χ4v) is 2.23. The van der Waals surface area contributed by atoms with Crippen molar-refractivity contribution in [2.24, 2.45) is 0 Å². The lowest BCUT2D eigenvalue weighted by atomic mass is 10.00. The number of fused-ring (bicyclic) bond motifs is 1. The number of quaternary nitrogens is 1. The maximum Gasteiger partial charge on any atom is 0.275 e. The first kappa shape index (κ1) is 11.7. The van der Waals surface area contributed by atoms with E-state index in [1.165, 1.54) is 16.0 Å². The van der Waals surface area contributed by atoms with Crippen LogP contribution < -0.4 is 10.2 Å². The van der Waals surface area contributed by atoms with Crippen LogP contribution in [0.1, 0.15) is 11.1 Å². The van der Waals surface area contributed by atoms with Crippen molar-refractivity contribution < 1.29 is 9.69 Å². The number of terminal acetylenes is 1. The number of carbonyl (C=O) groups excluding carboxylic acids is 1. The normalized spacial score (nSPS) is 17.9. The third kappa shape index (κ3) is 3.08. The van der Waals surface area contributed by atoms with Gasteiger partial charge in [-0.2, -0.15) is 0 Å². The molecule has 1 aliphatic rings. The maximum absolute atomic E-state index is 11.6. The zero-order chi connectivity index (χ0) is 12.1. The highest BCUT2D eigenvalue weighted by Crippen LogP contribution is 2.09. The van der Waals surface area contributed by atoms with E-state index in [2.05, 4.69) is 35.5 Å². The molecule has 0 aromatic heterocycles. The average molecular weight is 229 g/mol. The van der Waals surface area contributed by atoms with Crippen LogP contribution in [0.5, 0.6) is 0 Å². The Labute approximate surface area is 102 Å². The largest absolute Gasteiger partial charge is 0.340 e. The summed E-state index contributed by atoms with van der Waals surface area (Å²) < 4.78 is 0. The lowest BCUT2D eigenvalue weighted by Crippen LogP contribution is -3.12. The molecule has 1 aromatic carbocycles. The van der Waals surface area contributed by atoms with Crippen molar-refractivity contribution in [1.82, 2.24) is 5.32 Å². The minimum absolute atomic E-state index is 0.0392. The second-order valence-corrected chi connectivity index (χ2v) is 4.35. The summed E-state index contributed by atoms with van der Waals surface area (Å²) in [6.45, 7) is 2.78. The molecule has 3 heteroatoms. The van der Waals surface area contributed by atoms with Crippen molar-refractivity contribution >= 4 is 5.91 Å². The Morgan fingerprint density at radius 2 is 2.18 bits per heavy atom. The Morgan fingerprint density at radius 3 is 2.94 bits per heavy atom. The number of hydrogen-bond donors (Lipinski definition) is 2. The zero-order valence-corrected chi connectivity index (χ0v) is 9.83. The van der Waals surface area contributed by atoms with E-state index >= 15 is 0 Å². The van der Waals surface area contributed by atoms with E-state index in [1.807, 2.05) is 0 Å². The number of rotatable bonds is 3. The first-order valence-electron chi connectivity index (χ1n) is 5.90. The maximum atomic E-state index is 11.6. The van der Waals surface area contributed by atoms with Crippen LogP contribution in [0, 0.1) is 12.3 Å². The second kappa shape index (κ2) is 5.51. The van der Waals surface area contributed by atoms with Gasteiger partial charge in [0.15, 0.2) is 6.54 Å². The zero-order valence-electron chi connectivity index (χ0n) is 9.83. The molecule has 2 rings (SSSR count). The first-order chi connectivity index (χ1) is 8.29. The molecular formula is C14H17N2O+. The lowest BCUT2D eigenvalue weighted by molar-refractivity contribution is -0.908. The molecule has 2 N–H and O–H groups in total. The van der Waals surface area contributed by atoms with E-state index in [1.54, 1.807) is 0 Å². The summed E-state index contributed by atoms with van der Waals surface area (Å²) in [5, 5.41) is 2.71. The van der Waals surface area contributed by atoms with Crippen LogP contribution in [0.25, 0.3) is 0 Å². The fourth-order valence-electron chi connectivity index (χ4n) is 2.23. The highest BCUT2D eigenvalue weighted by molar-refractivity contribution is 5.77. The van der Waals surface area contributed by atoms with Gasteiger partial charge in [-0.15, -0.1) is 6.42 Å². The number of benzene rings is 1. The van der Waals surface area contributed by atoms with Crippen LogP contribution >= 0.6 is 0 Å². The quantitative estimate of drug-likeness (QED) is 0.665. The average Bonchev–Trinajstić information content (AvgIpc) is 2.36. The third-order valence-corrected chi connectivity index (χ3v) is 3.10. The Morgan fingerprint density at radius 1 is 1.41 bits per heavy atom. The molecule has 0 radical (unpaired) electrons. The Kier molecular flexibility index (Phi) is 3.79. The van der Waals surface area contributed by atoms with Crippen molar-refractivity contribution in [3.8, 4) is 12.3 Å². The SMILES string of the molecule is C#CCNC(=O)C[NH+]1CCc2ccccc2C1. The topological polar surface area (TPSA) is 33.5 Å². The van der Waals surface area contributed by atoms with Gasteiger partial charge in [-0.3, -0.25) is 4.79 Å². The monoisotopic (exact) mass is 229 g/mol. The summed E-state index contributed by atoms with van der Waals surface area (Å²) in [4.78, 5) is 12.9. The van der Waals surface area contributed by atoms with E-state index in [0.29, 0.717) is 13.1 Å². The molecule has 1 unspecified atom stereocenters. The highest BCUT2D eigenvalue weighted by atomic mass is 16.2. The molecule has 3 nitrogen and oxygen atoms in total. The van der Waals surface area contributed by atoms with Gasteiger partial charge in [0.1, 0.15) is 6.54 Å². The van der Waals surface area contributed by atoms with Gasteiger partial charge in [-0.25, -0.2) is 0 Å². The molecule has 0 bridgehead atoms. The molecule has 1 amide bonds. The van der Waals surface area contributed by atoms with Crippen LogP contribution in [-0.4, -0.2) is 25.5 Å². The summed E-state index contributed by atoms with van der Waals surface area (Å²) >= 11 is 0. The smallest absolute Gasteiger partial charge is 0.275 e. The van der Waals surface area contributed by atoms with Crippen molar-refractivity contribution in [1.29, 1.82) is 0 Å². The van der Waals surface area contributed by atoms with Gasteiger partial charge >= 0.3 is 0 Å². The standard InChI is InChI=1S/C14H16N2O/c1-2-8-15-14(17)11-16-9-7-12-5-3-4-6-13(12)10-16/h1,3-6H,7-11H2,(H,15,17)/p+1. The van der Waals surface area contributed by atoms with Gasteiger partial charge in [-0.05, 0) is 5.56 Å². The van der Waals surface area contributed by atoms with Crippen molar-refractivity contribution in [2.75, 3.05) is 19.6 Å². The van der Waals surface area contributed by atoms with Gasteiger partial charge in [0.2, 0.25) is 0 Å². The molecule has 0 fully saturated rings. The van der Waals surface area contributed by atoms with Gasteiger partial charge in [0.05, 0.1) is 13.1 Å². The number of carbonyl (C=O) groups is 1. The number of amides is 1. The van der Waals surface area contributed by atoms with Crippen molar-refractivity contribution in [2.45, 2.75) is 13.0 Å². The van der Waals surface area contributed by atoms with Crippen molar-refractivity contribution in [3.05, 3.63) is 35.4 Å². The van der Waals surface area contributed by atoms with Gasteiger partial charge in [0.25, 0.3) is 5.91 Å². The van der Waals surface area contributed by atoms with E-state index in [0.717, 1.165) is 19.5 Å². The molecule has 17 heavy (non-hydrogen) atoms. The van der Waals surface area contributed by atoms with Crippen LogP contribution in [0.15, 0.2) is 24.3 Å². The van der Waals surface area contributed by atoms with E-state index in [4.69, 9.17) is 6.42 Å². The Balaban J connectivity index is 1.90. The summed E-state index contributed by atoms with van der Waals surface area (Å²) in [7, 11) is 0. The van der Waals surface area contributed by atoms with E-state index in [9.17, 15) is 4.79 Å². The number of nitrogens with one attached hydrogen (secondary N) is 2. The molecule has 1 atom stereocenters. The Bertz CT molecular complexity index is 448. The minimum atomic E-state index is 0.0392. The second-order valence-electron chi connectivity index (χ2n) is 4.35. The molecule has 1 heterocycles. The molecule has 0 spiro atoms. The van der Waals surface area contributed by atoms with E-state index in [-0.39, 0.29) is 5.91 Å². The third-order valence-electron chi connectivity index (χ3n) is 3.10. The molecule has 1 aromatic rings. The highest BCUT2D eigenvalue weighted by Gasteiger charge is 2.20. The molecule has 88 valence electrons. The van der Waals surface area contributed by atoms with E-state index < -0.39 is 0 Å². The van der Waals surface area contributed by atoms with Crippen LogP contribution in [0.3, 0.4) is 0 Å². The Hall–Kier alpha value is -1.79. The van der Waals surface area contributed by atoms with Crippen LogP contribution in [-0.2, 0) is 17.8 Å². The summed E-state index contributed by atoms with van der Waals surface area (Å²) in [5.41, 5.74) is 2.78. The van der Waals surface area contributed by atoms with Gasteiger partial charge in [0, 0.05) is 12.0 Å². The molecular weight excluding hydrogens is 212 g/mol. The minimum Gasteiger partial charge on any atom is -0.340 e. The molecule has 0 saturated carbocycles. The van der Waals surface area contributed by atoms with Gasteiger partial charge < -0.3 is 10.2 Å². The van der Waals surface area contributed by atoms with Crippen LogP contribution in [0.2, 0.25) is 0 Å². The number of hydrogen-bond acceptors (Lipinski definition) is 1. The lowest BCUT2D eigenvalue weighted by Gasteiger charge is -2.25. The van der Waals surface area contributed by atoms with Gasteiger partial charge in [-0.1, -0.05) is 30.2 Å². The fraction of sp³-hybridized carbons (Fsp3) is 0.357. The molecule has 1 aliphatic heterocycles. The predicted molar refractivity (Wildman–Crippen MR) is 66.4 cm³/mol. The predicted octanol–water partition coefficient (Wildman–Crippen LogP) is -0.623. The van der Waals surface area contributed by atoms with Crippen molar-refractivity contribution in [3.63, 3.8) is 0 Å². The molecule has 0 saturated heterocycles. The molecule has 0 aliphatic carbocycles. The summed E-state index contributed by atoms with van der Waals surface area (Å²) in [6, 6.07) is 8.45. The van der Waals surface area contributed by atoms with Crippen LogP contribution in [0.4, 0.5) is 0 Å². The summed E-state index contributed by atoms with van der Waals surface area (Å²) in [5.74, 6) is 2.45.